The standard InChI is InChI=1S/C18H27N3/c1-2-6-18-17(5-1)15(13-19-18)7-11-20-12-8-16(14-20)21-9-3-4-10-21/h1-2,5-6,15-16,19H,3-4,7-14H2. The van der Waals surface area contributed by atoms with Crippen LogP contribution in [-0.2, 0) is 0 Å². The van der Waals surface area contributed by atoms with Gasteiger partial charge in [-0.15, -0.1) is 0 Å². The van der Waals surface area contributed by atoms with E-state index in [1.54, 1.807) is 0 Å². The molecule has 0 radical (unpaired) electrons. The van der Waals surface area contributed by atoms with Gasteiger partial charge in [-0.2, -0.15) is 0 Å². The Labute approximate surface area is 128 Å². The number of nitrogens with one attached hydrogen (secondary N) is 1. The molecule has 0 bridgehead atoms. The molecule has 3 heteroatoms. The zero-order valence-electron chi connectivity index (χ0n) is 12.9. The molecule has 1 aromatic carbocycles. The van der Waals surface area contributed by atoms with E-state index in [0.717, 1.165) is 12.6 Å². The third kappa shape index (κ3) is 2.82. The summed E-state index contributed by atoms with van der Waals surface area (Å²) in [5.41, 5.74) is 2.90. The second kappa shape index (κ2) is 5.98. The highest BCUT2D eigenvalue weighted by Gasteiger charge is 2.30. The number of fused-ring (bicyclic) bond motifs is 1. The first-order valence-electron chi connectivity index (χ1n) is 8.69. The molecule has 3 nitrogen and oxygen atoms in total. The number of benzene rings is 1. The van der Waals surface area contributed by atoms with Crippen LogP contribution in [0.4, 0.5) is 5.69 Å². The van der Waals surface area contributed by atoms with Gasteiger partial charge >= 0.3 is 0 Å². The van der Waals surface area contributed by atoms with E-state index in [2.05, 4.69) is 39.4 Å². The first-order chi connectivity index (χ1) is 10.4. The predicted octanol–water partition coefficient (Wildman–Crippen LogP) is 2.76. The molecule has 3 aliphatic heterocycles. The molecule has 2 atom stereocenters. The maximum Gasteiger partial charge on any atom is 0.0376 e. The van der Waals surface area contributed by atoms with Crippen LogP contribution in [0.2, 0.25) is 0 Å². The van der Waals surface area contributed by atoms with Gasteiger partial charge in [0.05, 0.1) is 0 Å². The third-order valence-corrected chi connectivity index (χ3v) is 5.64. The first kappa shape index (κ1) is 13.6. The summed E-state index contributed by atoms with van der Waals surface area (Å²) in [6.07, 6.45) is 5.53. The lowest BCUT2D eigenvalue weighted by Crippen LogP contribution is -2.35. The highest BCUT2D eigenvalue weighted by molar-refractivity contribution is 5.57. The van der Waals surface area contributed by atoms with Gasteiger partial charge < -0.3 is 10.2 Å². The predicted molar refractivity (Wildman–Crippen MR) is 87.9 cm³/mol. The Morgan fingerprint density at radius 1 is 1.10 bits per heavy atom. The molecule has 2 fully saturated rings. The smallest absolute Gasteiger partial charge is 0.0376 e. The van der Waals surface area contributed by atoms with Crippen molar-refractivity contribution in [3.05, 3.63) is 29.8 Å². The summed E-state index contributed by atoms with van der Waals surface area (Å²) < 4.78 is 0. The Morgan fingerprint density at radius 3 is 2.86 bits per heavy atom. The molecule has 4 rings (SSSR count). The second-order valence-electron chi connectivity index (χ2n) is 6.94. The van der Waals surface area contributed by atoms with Gasteiger partial charge in [0.15, 0.2) is 0 Å². The van der Waals surface area contributed by atoms with Crippen LogP contribution < -0.4 is 5.32 Å². The molecule has 1 aromatic rings. The van der Waals surface area contributed by atoms with Gasteiger partial charge in [0.1, 0.15) is 0 Å². The minimum Gasteiger partial charge on any atom is -0.384 e. The van der Waals surface area contributed by atoms with Crippen LogP contribution >= 0.6 is 0 Å². The molecule has 114 valence electrons. The van der Waals surface area contributed by atoms with Gasteiger partial charge in [-0.1, -0.05) is 18.2 Å². The maximum atomic E-state index is 3.55. The van der Waals surface area contributed by atoms with Crippen LogP contribution in [0.25, 0.3) is 0 Å². The van der Waals surface area contributed by atoms with Crippen molar-refractivity contribution in [2.75, 3.05) is 44.6 Å². The van der Waals surface area contributed by atoms with Crippen LogP contribution in [0.3, 0.4) is 0 Å². The highest BCUT2D eigenvalue weighted by atomic mass is 15.3. The highest BCUT2D eigenvalue weighted by Crippen LogP contribution is 2.33. The van der Waals surface area contributed by atoms with Crippen LogP contribution in [0, 0.1) is 0 Å². The van der Waals surface area contributed by atoms with E-state index < -0.39 is 0 Å². The molecule has 3 heterocycles. The van der Waals surface area contributed by atoms with Gasteiger partial charge in [0.2, 0.25) is 0 Å². The number of anilines is 1. The number of likely N-dealkylation sites (tertiary alicyclic amines) is 2. The molecule has 2 saturated heterocycles. The van der Waals surface area contributed by atoms with Gasteiger partial charge in [0, 0.05) is 30.7 Å². The van der Waals surface area contributed by atoms with Crippen LogP contribution in [-0.4, -0.2) is 55.1 Å². The summed E-state index contributed by atoms with van der Waals surface area (Å²) >= 11 is 0. The summed E-state index contributed by atoms with van der Waals surface area (Å²) in [5, 5.41) is 3.55. The quantitative estimate of drug-likeness (QED) is 0.917. The molecule has 0 spiro atoms. The van der Waals surface area contributed by atoms with Crippen LogP contribution in [0.5, 0.6) is 0 Å². The average molecular weight is 285 g/mol. The molecule has 0 amide bonds. The van der Waals surface area contributed by atoms with Gasteiger partial charge in [0.25, 0.3) is 0 Å². The SMILES string of the molecule is c1ccc2c(c1)NCC2CCN1CCC(N2CCCC2)C1. The van der Waals surface area contributed by atoms with Gasteiger partial charge in [-0.05, 0) is 63.5 Å². The average Bonchev–Trinajstić information content (AvgIpc) is 3.25. The Kier molecular flexibility index (Phi) is 3.87. The number of rotatable bonds is 4. The topological polar surface area (TPSA) is 18.5 Å². The Morgan fingerprint density at radius 2 is 1.95 bits per heavy atom. The largest absolute Gasteiger partial charge is 0.384 e. The molecule has 0 saturated carbocycles. The van der Waals surface area contributed by atoms with Crippen molar-refractivity contribution in [1.29, 1.82) is 0 Å². The van der Waals surface area contributed by atoms with Crippen LogP contribution in [0.1, 0.15) is 37.2 Å². The van der Waals surface area contributed by atoms with E-state index >= 15 is 0 Å². The van der Waals surface area contributed by atoms with Crippen molar-refractivity contribution in [3.63, 3.8) is 0 Å². The number of para-hydroxylation sites is 1. The number of hydrogen-bond donors (Lipinski definition) is 1. The molecule has 3 aliphatic rings. The fourth-order valence-electron chi connectivity index (χ4n) is 4.37. The Bertz CT molecular complexity index is 481. The minimum absolute atomic E-state index is 0.715. The summed E-state index contributed by atoms with van der Waals surface area (Å²) in [5.74, 6) is 0.715. The molecule has 0 aromatic heterocycles. The van der Waals surface area contributed by atoms with E-state index in [9.17, 15) is 0 Å². The van der Waals surface area contributed by atoms with E-state index in [1.807, 2.05) is 0 Å². The van der Waals surface area contributed by atoms with E-state index in [-0.39, 0.29) is 0 Å². The van der Waals surface area contributed by atoms with E-state index in [4.69, 9.17) is 0 Å². The fraction of sp³-hybridized carbons (Fsp3) is 0.667. The second-order valence-corrected chi connectivity index (χ2v) is 6.94. The van der Waals surface area contributed by atoms with Crippen molar-refractivity contribution in [2.45, 2.75) is 37.6 Å². The Hall–Kier alpha value is -1.06. The van der Waals surface area contributed by atoms with Crippen molar-refractivity contribution >= 4 is 5.69 Å². The normalized spacial score (nSPS) is 29.7. The molecule has 2 unspecified atom stereocenters. The van der Waals surface area contributed by atoms with Gasteiger partial charge in [-0.3, -0.25) is 4.90 Å². The fourth-order valence-corrected chi connectivity index (χ4v) is 4.37. The lowest BCUT2D eigenvalue weighted by Gasteiger charge is -2.24. The van der Waals surface area contributed by atoms with Crippen LogP contribution in [0.15, 0.2) is 24.3 Å². The molecule has 0 aliphatic carbocycles. The monoisotopic (exact) mass is 285 g/mol. The van der Waals surface area contributed by atoms with E-state index in [0.29, 0.717) is 5.92 Å². The lowest BCUT2D eigenvalue weighted by molar-refractivity contribution is 0.230. The molecule has 21 heavy (non-hydrogen) atoms. The molecular weight excluding hydrogens is 258 g/mol. The zero-order valence-corrected chi connectivity index (χ0v) is 12.9. The zero-order chi connectivity index (χ0) is 14.1. The molecular formula is C18H27N3. The van der Waals surface area contributed by atoms with Gasteiger partial charge in [-0.25, -0.2) is 0 Å². The summed E-state index contributed by atoms with van der Waals surface area (Å²) in [4.78, 5) is 5.43. The van der Waals surface area contributed by atoms with Crippen molar-refractivity contribution in [1.82, 2.24) is 9.80 Å². The summed E-state index contributed by atoms with van der Waals surface area (Å²) in [6, 6.07) is 9.68. The number of nitrogens with zero attached hydrogens (tertiary/aromatic N) is 2. The Balaban J connectivity index is 1.28. The third-order valence-electron chi connectivity index (χ3n) is 5.64. The number of hydrogen-bond acceptors (Lipinski definition) is 3. The van der Waals surface area contributed by atoms with Crippen molar-refractivity contribution in [3.8, 4) is 0 Å². The lowest BCUT2D eigenvalue weighted by atomic mass is 9.98. The summed E-state index contributed by atoms with van der Waals surface area (Å²) in [7, 11) is 0. The van der Waals surface area contributed by atoms with Crippen molar-refractivity contribution in [2.24, 2.45) is 0 Å². The maximum absolute atomic E-state index is 3.55. The van der Waals surface area contributed by atoms with E-state index in [1.165, 1.54) is 69.7 Å². The van der Waals surface area contributed by atoms with Crippen molar-refractivity contribution < 1.29 is 0 Å². The minimum atomic E-state index is 0.715. The molecule has 1 N–H and O–H groups in total. The first-order valence-corrected chi connectivity index (χ1v) is 8.69. The summed E-state index contributed by atoms with van der Waals surface area (Å²) in [6.45, 7) is 7.70.